The van der Waals surface area contributed by atoms with Gasteiger partial charge in [-0.05, 0) is 81.3 Å². The number of hydrogen-bond acceptors (Lipinski definition) is 7. The van der Waals surface area contributed by atoms with Crippen LogP contribution < -0.4 is 4.74 Å². The van der Waals surface area contributed by atoms with Crippen molar-refractivity contribution in [2.45, 2.75) is 39.7 Å². The number of ether oxygens (including phenoxy) is 1. The maximum absolute atomic E-state index is 12.0. The van der Waals surface area contributed by atoms with E-state index in [1.807, 2.05) is 69.6 Å². The second kappa shape index (κ2) is 10.5. The highest BCUT2D eigenvalue weighted by Crippen LogP contribution is 2.45. The molecule has 0 saturated heterocycles. The smallest absolute Gasteiger partial charge is 0.307 e. The highest BCUT2D eigenvalue weighted by molar-refractivity contribution is 7.22. The summed E-state index contributed by atoms with van der Waals surface area (Å²) in [5.74, 6) is -0.318. The Balaban J connectivity index is 1.54. The van der Waals surface area contributed by atoms with Crippen LogP contribution >= 0.6 is 22.9 Å². The van der Waals surface area contributed by atoms with Gasteiger partial charge in [0.15, 0.2) is 5.65 Å². The van der Waals surface area contributed by atoms with Gasteiger partial charge in [-0.1, -0.05) is 11.6 Å². The van der Waals surface area contributed by atoms with E-state index in [1.165, 1.54) is 11.3 Å². The third-order valence-corrected chi connectivity index (χ3v) is 8.22. The molecule has 10 heteroatoms. The molecule has 6 rings (SSSR count). The lowest BCUT2D eigenvalue weighted by Crippen LogP contribution is -2.23. The summed E-state index contributed by atoms with van der Waals surface area (Å²) in [5, 5.41) is 11.2. The highest BCUT2D eigenvalue weighted by atomic mass is 35.5. The van der Waals surface area contributed by atoms with Crippen molar-refractivity contribution < 1.29 is 14.6 Å². The van der Waals surface area contributed by atoms with E-state index in [1.54, 1.807) is 30.9 Å². The Kier molecular flexibility index (Phi) is 6.95. The fourth-order valence-electron chi connectivity index (χ4n) is 5.01. The minimum atomic E-state index is -0.909. The fraction of sp³-hybridized carbons (Fsp3) is 0.219. The van der Waals surface area contributed by atoms with E-state index in [2.05, 4.69) is 15.0 Å². The van der Waals surface area contributed by atoms with Crippen LogP contribution in [0.25, 0.3) is 54.3 Å². The number of imidazole rings is 1. The van der Waals surface area contributed by atoms with Gasteiger partial charge in [0, 0.05) is 46.7 Å². The van der Waals surface area contributed by atoms with Gasteiger partial charge in [-0.15, -0.1) is 11.3 Å². The van der Waals surface area contributed by atoms with E-state index >= 15 is 0 Å². The summed E-state index contributed by atoms with van der Waals surface area (Å²) in [6.07, 6.45) is 5.14. The Morgan fingerprint density at radius 3 is 2.64 bits per heavy atom. The van der Waals surface area contributed by atoms with Crippen molar-refractivity contribution in [2.75, 3.05) is 0 Å². The van der Waals surface area contributed by atoms with E-state index in [9.17, 15) is 9.90 Å². The van der Waals surface area contributed by atoms with Crippen molar-refractivity contribution in [3.8, 4) is 38.7 Å². The first-order valence-electron chi connectivity index (χ1n) is 13.3. The van der Waals surface area contributed by atoms with E-state index in [0.717, 1.165) is 59.8 Å². The van der Waals surface area contributed by atoms with Gasteiger partial charge in [-0.2, -0.15) is 0 Å². The largest absolute Gasteiger partial charge is 0.487 e. The van der Waals surface area contributed by atoms with Crippen LogP contribution in [0.2, 0.25) is 5.02 Å². The van der Waals surface area contributed by atoms with Gasteiger partial charge in [0.25, 0.3) is 0 Å². The molecule has 0 radical (unpaired) electrons. The molecule has 0 atom stereocenters. The van der Waals surface area contributed by atoms with Gasteiger partial charge in [-0.3, -0.25) is 9.78 Å². The first kappa shape index (κ1) is 27.8. The zero-order valence-corrected chi connectivity index (χ0v) is 25.3. The maximum Gasteiger partial charge on any atom is 0.307 e. The second-order valence-electron chi connectivity index (χ2n) is 11.2. The monoisotopic (exact) mass is 597 g/mol. The SMILES string of the molecule is Cc1cc2nc(-c3ccnc(-c4cnc5ncn(C)c5c4)c3)sc2c(-c2ccc(Cl)cc2OC(C)(C)C)c1CC(=O)O. The molecule has 212 valence electrons. The summed E-state index contributed by atoms with van der Waals surface area (Å²) in [5.41, 5.74) is 7.58. The molecule has 0 saturated carbocycles. The van der Waals surface area contributed by atoms with Crippen molar-refractivity contribution >= 4 is 50.3 Å². The minimum Gasteiger partial charge on any atom is -0.487 e. The number of carbonyl (C=O) groups is 1. The zero-order chi connectivity index (χ0) is 29.8. The Morgan fingerprint density at radius 2 is 1.88 bits per heavy atom. The number of thiazole rings is 1. The van der Waals surface area contributed by atoms with Crippen molar-refractivity contribution in [2.24, 2.45) is 7.05 Å². The average Bonchev–Trinajstić information content (AvgIpc) is 3.52. The number of aliphatic carboxylic acids is 1. The minimum absolute atomic E-state index is 0.134. The first-order chi connectivity index (χ1) is 20.0. The molecular formula is C32H28ClN5O3S. The highest BCUT2D eigenvalue weighted by Gasteiger charge is 2.24. The zero-order valence-electron chi connectivity index (χ0n) is 23.8. The molecular weight excluding hydrogens is 570 g/mol. The van der Waals surface area contributed by atoms with E-state index in [-0.39, 0.29) is 6.42 Å². The van der Waals surface area contributed by atoms with Gasteiger partial charge in [0.05, 0.1) is 34.2 Å². The number of pyridine rings is 2. The van der Waals surface area contributed by atoms with E-state index in [0.29, 0.717) is 16.4 Å². The molecule has 4 aromatic heterocycles. The molecule has 0 fully saturated rings. The van der Waals surface area contributed by atoms with Crippen LogP contribution in [0.15, 0.2) is 61.2 Å². The van der Waals surface area contributed by atoms with Crippen molar-refractivity contribution in [3.63, 3.8) is 0 Å². The number of carboxylic acid groups (broad SMARTS) is 1. The standard InChI is InChI=1S/C32H28ClN5O3S/c1-17-10-24-29(28(22(17)14-27(39)40)21-7-6-20(33)13-26(21)41-32(2,3)4)42-31(37-24)18-8-9-34-23(11-18)19-12-25-30(35-15-19)36-16-38(25)5/h6-13,15-16H,14H2,1-5H3,(H,39,40). The van der Waals surface area contributed by atoms with Crippen molar-refractivity contribution in [1.29, 1.82) is 0 Å². The molecule has 4 heterocycles. The number of nitrogens with zero attached hydrogens (tertiary/aromatic N) is 5. The van der Waals surface area contributed by atoms with Crippen LogP contribution in [0.3, 0.4) is 0 Å². The number of aryl methyl sites for hydroxylation is 2. The lowest BCUT2D eigenvalue weighted by molar-refractivity contribution is -0.136. The van der Waals surface area contributed by atoms with Gasteiger partial charge < -0.3 is 14.4 Å². The third kappa shape index (κ3) is 5.33. The van der Waals surface area contributed by atoms with E-state index in [4.69, 9.17) is 21.3 Å². The Hall–Kier alpha value is -4.34. The Bertz CT molecular complexity index is 2010. The average molecular weight is 598 g/mol. The first-order valence-corrected chi connectivity index (χ1v) is 14.5. The number of benzene rings is 2. The number of carboxylic acids is 1. The van der Waals surface area contributed by atoms with E-state index < -0.39 is 11.6 Å². The predicted molar refractivity (Wildman–Crippen MR) is 167 cm³/mol. The van der Waals surface area contributed by atoms with Gasteiger partial charge in [-0.25, -0.2) is 15.0 Å². The lowest BCUT2D eigenvalue weighted by atomic mass is 9.92. The maximum atomic E-state index is 12.0. The van der Waals surface area contributed by atoms with Gasteiger partial charge in [0.1, 0.15) is 16.4 Å². The summed E-state index contributed by atoms with van der Waals surface area (Å²) in [6, 6.07) is 13.4. The Labute approximate surface area is 251 Å². The van der Waals surface area contributed by atoms with Crippen LogP contribution in [0.1, 0.15) is 31.9 Å². The van der Waals surface area contributed by atoms with Crippen LogP contribution in [-0.2, 0) is 18.3 Å². The molecule has 0 spiro atoms. The predicted octanol–water partition coefficient (Wildman–Crippen LogP) is 7.74. The molecule has 0 unspecified atom stereocenters. The molecule has 0 aliphatic carbocycles. The van der Waals surface area contributed by atoms with Crippen molar-refractivity contribution in [3.05, 3.63) is 77.3 Å². The van der Waals surface area contributed by atoms with Crippen LogP contribution in [0.4, 0.5) is 0 Å². The number of fused-ring (bicyclic) bond motifs is 2. The Morgan fingerprint density at radius 1 is 1.07 bits per heavy atom. The molecule has 8 nitrogen and oxygen atoms in total. The molecule has 2 aromatic carbocycles. The number of hydrogen-bond donors (Lipinski definition) is 1. The molecule has 0 aliphatic heterocycles. The number of aromatic nitrogens is 5. The normalized spacial score (nSPS) is 11.9. The fourth-order valence-corrected chi connectivity index (χ4v) is 6.30. The third-order valence-electron chi connectivity index (χ3n) is 6.85. The molecule has 0 bridgehead atoms. The topological polar surface area (TPSA) is 103 Å². The summed E-state index contributed by atoms with van der Waals surface area (Å²) in [4.78, 5) is 30.4. The summed E-state index contributed by atoms with van der Waals surface area (Å²) in [7, 11) is 1.93. The molecule has 1 N–H and O–H groups in total. The molecule has 0 aliphatic rings. The van der Waals surface area contributed by atoms with Crippen LogP contribution in [0, 0.1) is 6.92 Å². The molecule has 6 aromatic rings. The quantitative estimate of drug-likeness (QED) is 0.209. The molecule has 42 heavy (non-hydrogen) atoms. The summed E-state index contributed by atoms with van der Waals surface area (Å²) in [6.45, 7) is 7.83. The second-order valence-corrected chi connectivity index (χ2v) is 12.6. The summed E-state index contributed by atoms with van der Waals surface area (Å²) >= 11 is 7.90. The number of halogens is 1. The molecule has 0 amide bonds. The lowest BCUT2D eigenvalue weighted by Gasteiger charge is -2.24. The number of rotatable bonds is 6. The van der Waals surface area contributed by atoms with Crippen LogP contribution in [-0.4, -0.2) is 41.2 Å². The van der Waals surface area contributed by atoms with Crippen molar-refractivity contribution in [1.82, 2.24) is 24.5 Å². The van der Waals surface area contributed by atoms with Gasteiger partial charge in [0.2, 0.25) is 0 Å². The van der Waals surface area contributed by atoms with Gasteiger partial charge >= 0.3 is 5.97 Å². The van der Waals surface area contributed by atoms with Crippen LogP contribution in [0.5, 0.6) is 5.75 Å². The summed E-state index contributed by atoms with van der Waals surface area (Å²) < 4.78 is 9.14.